The van der Waals surface area contributed by atoms with Gasteiger partial charge in [0.1, 0.15) is 5.75 Å². The fraction of sp³-hybridized carbons (Fsp3) is 0.188. The first-order valence-electron chi connectivity index (χ1n) is 6.78. The summed E-state index contributed by atoms with van der Waals surface area (Å²) < 4.78 is 6.42. The quantitative estimate of drug-likeness (QED) is 0.656. The van der Waals surface area contributed by atoms with E-state index in [1.807, 2.05) is 32.0 Å². The molecule has 0 spiro atoms. The summed E-state index contributed by atoms with van der Waals surface area (Å²) in [5, 5.41) is 3.97. The summed E-state index contributed by atoms with van der Waals surface area (Å²) >= 11 is 3.40. The molecule has 0 saturated carbocycles. The van der Waals surface area contributed by atoms with E-state index in [9.17, 15) is 4.79 Å². The Kier molecular flexibility index (Phi) is 5.66. The first-order valence-corrected chi connectivity index (χ1v) is 7.58. The van der Waals surface area contributed by atoms with Crippen molar-refractivity contribution in [2.24, 2.45) is 5.10 Å². The predicted octanol–water partition coefficient (Wildman–Crippen LogP) is 3.32. The Morgan fingerprint density at radius 2 is 2.23 bits per heavy atom. The van der Waals surface area contributed by atoms with Crippen molar-refractivity contribution < 1.29 is 9.53 Å². The smallest absolute Gasteiger partial charge is 0.272 e. The number of carbonyl (C=O) groups is 1. The highest BCUT2D eigenvalue weighted by Gasteiger charge is 2.05. The van der Waals surface area contributed by atoms with Crippen LogP contribution < -0.4 is 10.2 Å². The minimum absolute atomic E-state index is 0.309. The van der Waals surface area contributed by atoms with E-state index in [0.29, 0.717) is 17.9 Å². The number of nitrogens with zero attached hydrogens (tertiary/aromatic N) is 2. The molecule has 114 valence electrons. The van der Waals surface area contributed by atoms with Gasteiger partial charge >= 0.3 is 0 Å². The molecule has 6 heteroatoms. The van der Waals surface area contributed by atoms with Crippen LogP contribution in [0.4, 0.5) is 0 Å². The minimum atomic E-state index is -0.309. The molecule has 2 rings (SSSR count). The lowest BCUT2D eigenvalue weighted by Gasteiger charge is -2.07. The van der Waals surface area contributed by atoms with E-state index >= 15 is 0 Å². The second-order valence-corrected chi connectivity index (χ2v) is 5.42. The number of ether oxygens (including phenoxy) is 1. The van der Waals surface area contributed by atoms with Crippen LogP contribution >= 0.6 is 15.9 Å². The molecule has 1 amide bonds. The van der Waals surface area contributed by atoms with Gasteiger partial charge < -0.3 is 4.74 Å². The van der Waals surface area contributed by atoms with Crippen molar-refractivity contribution in [3.8, 4) is 5.75 Å². The summed E-state index contributed by atoms with van der Waals surface area (Å²) in [5.74, 6) is 0.400. The molecule has 1 N–H and O–H groups in total. The average molecular weight is 362 g/mol. The molecule has 0 unspecified atom stereocenters. The zero-order valence-electron chi connectivity index (χ0n) is 12.3. The second-order valence-electron chi connectivity index (χ2n) is 4.50. The molecule has 1 aromatic carbocycles. The molecule has 0 atom stereocenters. The molecule has 2 aromatic rings. The van der Waals surface area contributed by atoms with Crippen LogP contribution in [0.1, 0.15) is 28.5 Å². The number of halogens is 1. The van der Waals surface area contributed by atoms with Crippen LogP contribution in [0.3, 0.4) is 0 Å². The number of amides is 1. The van der Waals surface area contributed by atoms with Gasteiger partial charge in [-0.3, -0.25) is 9.78 Å². The van der Waals surface area contributed by atoms with E-state index in [2.05, 4.69) is 31.4 Å². The lowest BCUT2D eigenvalue weighted by Crippen LogP contribution is -2.17. The van der Waals surface area contributed by atoms with Crippen LogP contribution in [0, 0.1) is 6.92 Å². The maximum atomic E-state index is 11.9. The minimum Gasteiger partial charge on any atom is -0.493 e. The number of benzene rings is 1. The second kappa shape index (κ2) is 7.70. The highest BCUT2D eigenvalue weighted by molar-refractivity contribution is 9.10. The van der Waals surface area contributed by atoms with E-state index in [-0.39, 0.29) is 5.91 Å². The van der Waals surface area contributed by atoms with Gasteiger partial charge in [0.2, 0.25) is 0 Å². The molecular formula is C16H16BrN3O2. The maximum Gasteiger partial charge on any atom is 0.272 e. The molecule has 0 saturated heterocycles. The third-order valence-electron chi connectivity index (χ3n) is 2.81. The van der Waals surface area contributed by atoms with Crippen molar-refractivity contribution in [2.75, 3.05) is 6.61 Å². The monoisotopic (exact) mass is 361 g/mol. The van der Waals surface area contributed by atoms with Gasteiger partial charge in [-0.2, -0.15) is 5.10 Å². The standard InChI is InChI=1S/C16H16BrN3O2/c1-3-22-15-7-6-14(17)8-13(15)10-19-20-16(21)12-5-4-11(2)18-9-12/h4-10H,3H2,1-2H3,(H,20,21)/b19-10+. The normalized spacial score (nSPS) is 10.7. The highest BCUT2D eigenvalue weighted by atomic mass is 79.9. The molecule has 22 heavy (non-hydrogen) atoms. The molecule has 0 radical (unpaired) electrons. The molecule has 0 fully saturated rings. The van der Waals surface area contributed by atoms with E-state index in [1.54, 1.807) is 18.3 Å². The predicted molar refractivity (Wildman–Crippen MR) is 89.3 cm³/mol. The van der Waals surface area contributed by atoms with Crippen molar-refractivity contribution in [3.05, 3.63) is 57.8 Å². The summed E-state index contributed by atoms with van der Waals surface area (Å²) in [7, 11) is 0. The molecule has 1 heterocycles. The SMILES string of the molecule is CCOc1ccc(Br)cc1/C=N/NC(=O)c1ccc(C)nc1. The third-order valence-corrected chi connectivity index (χ3v) is 3.31. The fourth-order valence-corrected chi connectivity index (χ4v) is 2.11. The summed E-state index contributed by atoms with van der Waals surface area (Å²) in [5.41, 5.74) is 4.57. The highest BCUT2D eigenvalue weighted by Crippen LogP contribution is 2.21. The van der Waals surface area contributed by atoms with Gasteiger partial charge in [0.05, 0.1) is 18.4 Å². The Labute approximate surface area is 137 Å². The van der Waals surface area contributed by atoms with Crippen LogP contribution in [-0.2, 0) is 0 Å². The lowest BCUT2D eigenvalue weighted by molar-refractivity contribution is 0.0954. The average Bonchev–Trinajstić information content (AvgIpc) is 2.50. The van der Waals surface area contributed by atoms with Crippen molar-refractivity contribution in [3.63, 3.8) is 0 Å². The van der Waals surface area contributed by atoms with E-state index in [0.717, 1.165) is 15.7 Å². The Morgan fingerprint density at radius 1 is 1.41 bits per heavy atom. The van der Waals surface area contributed by atoms with Gasteiger partial charge in [-0.1, -0.05) is 15.9 Å². The summed E-state index contributed by atoms with van der Waals surface area (Å²) in [6.45, 7) is 4.33. The summed E-state index contributed by atoms with van der Waals surface area (Å²) in [6.07, 6.45) is 3.07. The Morgan fingerprint density at radius 3 is 2.91 bits per heavy atom. The Bertz CT molecular complexity index is 684. The van der Waals surface area contributed by atoms with Gasteiger partial charge in [0, 0.05) is 21.9 Å². The van der Waals surface area contributed by atoms with Crippen molar-refractivity contribution in [1.29, 1.82) is 0 Å². The first-order chi connectivity index (χ1) is 10.6. The maximum absolute atomic E-state index is 11.9. The first kappa shape index (κ1) is 16.2. The van der Waals surface area contributed by atoms with E-state index in [4.69, 9.17) is 4.74 Å². The summed E-state index contributed by atoms with van der Waals surface area (Å²) in [4.78, 5) is 16.0. The summed E-state index contributed by atoms with van der Waals surface area (Å²) in [6, 6.07) is 9.09. The molecule has 1 aromatic heterocycles. The van der Waals surface area contributed by atoms with Crippen LogP contribution in [0.25, 0.3) is 0 Å². The Balaban J connectivity index is 2.07. The third kappa shape index (κ3) is 4.39. The fourth-order valence-electron chi connectivity index (χ4n) is 1.73. The van der Waals surface area contributed by atoms with Gasteiger partial charge in [-0.25, -0.2) is 5.43 Å². The van der Waals surface area contributed by atoms with Crippen LogP contribution in [0.5, 0.6) is 5.75 Å². The van der Waals surface area contributed by atoms with Crippen molar-refractivity contribution in [1.82, 2.24) is 10.4 Å². The van der Waals surface area contributed by atoms with Crippen LogP contribution in [0.2, 0.25) is 0 Å². The number of hydrogen-bond donors (Lipinski definition) is 1. The number of nitrogens with one attached hydrogen (secondary N) is 1. The van der Waals surface area contributed by atoms with E-state index < -0.39 is 0 Å². The zero-order chi connectivity index (χ0) is 15.9. The van der Waals surface area contributed by atoms with Crippen LogP contribution in [0.15, 0.2) is 46.1 Å². The van der Waals surface area contributed by atoms with Crippen molar-refractivity contribution in [2.45, 2.75) is 13.8 Å². The number of pyridine rings is 1. The number of carbonyl (C=O) groups excluding carboxylic acids is 1. The lowest BCUT2D eigenvalue weighted by atomic mass is 10.2. The van der Waals surface area contributed by atoms with Gasteiger partial charge in [-0.15, -0.1) is 0 Å². The van der Waals surface area contributed by atoms with Gasteiger partial charge in [0.25, 0.3) is 5.91 Å². The number of rotatable bonds is 5. The molecule has 0 bridgehead atoms. The molecule has 0 aliphatic carbocycles. The topological polar surface area (TPSA) is 63.6 Å². The van der Waals surface area contributed by atoms with Gasteiger partial charge in [-0.05, 0) is 44.2 Å². The largest absolute Gasteiger partial charge is 0.493 e. The number of hydrogen-bond acceptors (Lipinski definition) is 4. The number of hydrazone groups is 1. The van der Waals surface area contributed by atoms with Crippen LogP contribution in [-0.4, -0.2) is 23.7 Å². The van der Waals surface area contributed by atoms with Gasteiger partial charge in [0.15, 0.2) is 0 Å². The number of aryl methyl sites for hydroxylation is 1. The number of aromatic nitrogens is 1. The Hall–Kier alpha value is -2.21. The zero-order valence-corrected chi connectivity index (χ0v) is 13.9. The molecule has 0 aliphatic heterocycles. The van der Waals surface area contributed by atoms with E-state index in [1.165, 1.54) is 6.20 Å². The molecule has 0 aliphatic rings. The molecule has 5 nitrogen and oxygen atoms in total. The van der Waals surface area contributed by atoms with Crippen molar-refractivity contribution >= 4 is 28.1 Å². The molecular weight excluding hydrogens is 346 g/mol.